The maximum Gasteiger partial charge on any atom is 0.257 e. The number of rotatable bonds is 7. The highest BCUT2D eigenvalue weighted by molar-refractivity contribution is 5.95. The molecule has 154 valence electrons. The molecule has 4 rings (SSSR count). The van der Waals surface area contributed by atoms with Gasteiger partial charge >= 0.3 is 0 Å². The number of ether oxygens (including phenoxy) is 1. The highest BCUT2D eigenvalue weighted by Crippen LogP contribution is 2.21. The predicted molar refractivity (Wildman–Crippen MR) is 115 cm³/mol. The van der Waals surface area contributed by atoms with Gasteiger partial charge in [-0.15, -0.1) is 0 Å². The topological polar surface area (TPSA) is 73.2 Å². The Balaban J connectivity index is 1.73. The van der Waals surface area contributed by atoms with E-state index in [1.807, 2.05) is 60.9 Å². The molecule has 1 saturated carbocycles. The van der Waals surface area contributed by atoms with E-state index in [1.54, 1.807) is 6.20 Å². The quantitative estimate of drug-likeness (QED) is 0.656. The van der Waals surface area contributed by atoms with Gasteiger partial charge in [0.2, 0.25) is 0 Å². The number of carbonyl (C=O) groups is 1. The van der Waals surface area contributed by atoms with Gasteiger partial charge in [0.1, 0.15) is 17.9 Å². The minimum absolute atomic E-state index is 0.111. The lowest BCUT2D eigenvalue weighted by Gasteiger charge is -2.20. The third kappa shape index (κ3) is 4.59. The van der Waals surface area contributed by atoms with E-state index in [-0.39, 0.29) is 29.5 Å². The minimum atomic E-state index is -0.334. The van der Waals surface area contributed by atoms with Gasteiger partial charge in [0.25, 0.3) is 5.91 Å². The number of hydrogen-bond acceptors (Lipinski definition) is 4. The van der Waals surface area contributed by atoms with Gasteiger partial charge in [0.05, 0.1) is 17.9 Å². The number of hydrogen-bond donors (Lipinski definition) is 1. The Bertz CT molecular complexity index is 1100. The normalized spacial score (nSPS) is 13.1. The van der Waals surface area contributed by atoms with Gasteiger partial charge in [-0.1, -0.05) is 23.8 Å². The predicted octanol–water partition coefficient (Wildman–Crippen LogP) is 3.38. The second-order valence-electron chi connectivity index (χ2n) is 7.73. The largest absolute Gasteiger partial charge is 0.487 e. The van der Waals surface area contributed by atoms with E-state index >= 15 is 0 Å². The molecule has 1 aromatic carbocycles. The highest BCUT2D eigenvalue weighted by Gasteiger charge is 2.28. The van der Waals surface area contributed by atoms with Crippen molar-refractivity contribution < 1.29 is 9.53 Å². The average molecular weight is 403 g/mol. The van der Waals surface area contributed by atoms with Crippen molar-refractivity contribution in [3.63, 3.8) is 0 Å². The lowest BCUT2D eigenvalue weighted by molar-refractivity contribution is 0.0946. The summed E-state index contributed by atoms with van der Waals surface area (Å²) in [6.07, 6.45) is 3.64. The van der Waals surface area contributed by atoms with Gasteiger partial charge in [0.15, 0.2) is 5.43 Å². The van der Waals surface area contributed by atoms with Crippen molar-refractivity contribution in [3.05, 3.63) is 93.2 Å². The number of amides is 1. The molecule has 30 heavy (non-hydrogen) atoms. The van der Waals surface area contributed by atoms with Crippen LogP contribution in [0.4, 0.5) is 0 Å². The number of carbonyl (C=O) groups excluding carboxylic acids is 1. The first-order chi connectivity index (χ1) is 14.5. The van der Waals surface area contributed by atoms with Crippen molar-refractivity contribution in [3.8, 4) is 5.75 Å². The second kappa shape index (κ2) is 8.53. The molecule has 3 aromatic rings. The number of aryl methyl sites for hydroxylation is 2. The zero-order valence-corrected chi connectivity index (χ0v) is 17.2. The summed E-state index contributed by atoms with van der Waals surface area (Å²) in [7, 11) is 0. The summed E-state index contributed by atoms with van der Waals surface area (Å²) >= 11 is 0. The van der Waals surface area contributed by atoms with Crippen molar-refractivity contribution >= 4 is 5.91 Å². The minimum Gasteiger partial charge on any atom is -0.487 e. The molecule has 2 heterocycles. The lowest BCUT2D eigenvalue weighted by atomic mass is 10.1. The van der Waals surface area contributed by atoms with Crippen LogP contribution in [-0.2, 0) is 13.2 Å². The Hall–Kier alpha value is -3.41. The summed E-state index contributed by atoms with van der Waals surface area (Å²) in [5, 5.41) is 2.94. The van der Waals surface area contributed by atoms with Crippen LogP contribution in [0.2, 0.25) is 0 Å². The summed E-state index contributed by atoms with van der Waals surface area (Å²) in [5.41, 5.74) is 3.16. The lowest BCUT2D eigenvalue weighted by Crippen LogP contribution is -2.34. The number of nitrogens with one attached hydrogen (secondary N) is 1. The Labute approximate surface area is 175 Å². The summed E-state index contributed by atoms with van der Waals surface area (Å²) in [6.45, 7) is 4.43. The molecule has 6 nitrogen and oxygen atoms in total. The van der Waals surface area contributed by atoms with Crippen LogP contribution >= 0.6 is 0 Å². The number of benzene rings is 1. The molecule has 0 aliphatic heterocycles. The third-order valence-corrected chi connectivity index (χ3v) is 5.21. The van der Waals surface area contributed by atoms with Crippen molar-refractivity contribution in [2.24, 2.45) is 0 Å². The van der Waals surface area contributed by atoms with Crippen LogP contribution in [0.3, 0.4) is 0 Å². The molecule has 6 heteroatoms. The number of aromatic nitrogens is 2. The molecule has 1 fully saturated rings. The summed E-state index contributed by atoms with van der Waals surface area (Å²) in [5.74, 6) is 0.354. The molecular formula is C24H25N3O3. The summed E-state index contributed by atoms with van der Waals surface area (Å²) in [4.78, 5) is 30.1. The van der Waals surface area contributed by atoms with E-state index < -0.39 is 0 Å². The van der Waals surface area contributed by atoms with E-state index in [1.165, 1.54) is 6.07 Å². The van der Waals surface area contributed by atoms with E-state index in [0.29, 0.717) is 18.0 Å². The Morgan fingerprint density at radius 3 is 2.60 bits per heavy atom. The molecule has 1 N–H and O–H groups in total. The molecule has 0 atom stereocenters. The van der Waals surface area contributed by atoms with E-state index in [0.717, 1.165) is 29.8 Å². The summed E-state index contributed by atoms with van der Waals surface area (Å²) < 4.78 is 7.93. The molecule has 0 radical (unpaired) electrons. The van der Waals surface area contributed by atoms with Crippen LogP contribution in [0.25, 0.3) is 0 Å². The van der Waals surface area contributed by atoms with Crippen molar-refractivity contribution in [2.75, 3.05) is 0 Å². The molecule has 1 aliphatic carbocycles. The first-order valence-electron chi connectivity index (χ1n) is 10.1. The standard InChI is InChI=1S/C24H25N3O3/c1-16-6-10-20(11-7-16)30-15-21-23(24(29)26-18-8-9-18)22(28)13-17(2)27(21)14-19-5-3-4-12-25-19/h3-7,10-13,18H,8-9,14-15H2,1-2H3,(H,26,29). The van der Waals surface area contributed by atoms with Crippen LogP contribution in [0, 0.1) is 13.8 Å². The maximum atomic E-state index is 12.9. The Kier molecular flexibility index (Phi) is 5.65. The summed E-state index contributed by atoms with van der Waals surface area (Å²) in [6, 6.07) is 15.1. The van der Waals surface area contributed by atoms with Crippen LogP contribution in [-0.4, -0.2) is 21.5 Å². The van der Waals surface area contributed by atoms with Gasteiger partial charge in [0, 0.05) is 24.0 Å². The van der Waals surface area contributed by atoms with Gasteiger partial charge < -0.3 is 14.6 Å². The molecule has 0 saturated heterocycles. The third-order valence-electron chi connectivity index (χ3n) is 5.21. The second-order valence-corrected chi connectivity index (χ2v) is 7.73. The van der Waals surface area contributed by atoms with E-state index in [2.05, 4.69) is 10.3 Å². The molecule has 1 aliphatic rings. The van der Waals surface area contributed by atoms with Crippen molar-refractivity contribution in [1.82, 2.24) is 14.9 Å². The highest BCUT2D eigenvalue weighted by atomic mass is 16.5. The van der Waals surface area contributed by atoms with Crippen molar-refractivity contribution in [2.45, 2.75) is 45.9 Å². The fourth-order valence-corrected chi connectivity index (χ4v) is 3.37. The van der Waals surface area contributed by atoms with E-state index in [4.69, 9.17) is 4.74 Å². The Morgan fingerprint density at radius 2 is 1.93 bits per heavy atom. The first kappa shape index (κ1) is 19.9. The molecule has 0 bridgehead atoms. The molecule has 0 spiro atoms. The van der Waals surface area contributed by atoms with Gasteiger partial charge in [-0.2, -0.15) is 0 Å². The first-order valence-corrected chi connectivity index (χ1v) is 10.1. The average Bonchev–Trinajstić information content (AvgIpc) is 3.54. The smallest absolute Gasteiger partial charge is 0.257 e. The van der Waals surface area contributed by atoms with E-state index in [9.17, 15) is 9.59 Å². The molecule has 1 amide bonds. The number of nitrogens with zero attached hydrogens (tertiary/aromatic N) is 2. The maximum absolute atomic E-state index is 12.9. The Morgan fingerprint density at radius 1 is 1.17 bits per heavy atom. The van der Waals surface area contributed by atoms with Crippen LogP contribution in [0.1, 0.15) is 45.8 Å². The van der Waals surface area contributed by atoms with Crippen molar-refractivity contribution in [1.29, 1.82) is 0 Å². The molecule has 0 unspecified atom stereocenters. The molecule has 2 aromatic heterocycles. The van der Waals surface area contributed by atoms with Gasteiger partial charge in [-0.25, -0.2) is 0 Å². The van der Waals surface area contributed by atoms with Gasteiger partial charge in [-0.3, -0.25) is 14.6 Å². The zero-order chi connectivity index (χ0) is 21.1. The van der Waals surface area contributed by atoms with Crippen LogP contribution in [0.15, 0.2) is 59.5 Å². The monoisotopic (exact) mass is 403 g/mol. The number of pyridine rings is 2. The van der Waals surface area contributed by atoms with Gasteiger partial charge in [-0.05, 0) is 51.0 Å². The van der Waals surface area contributed by atoms with Crippen LogP contribution in [0.5, 0.6) is 5.75 Å². The zero-order valence-electron chi connectivity index (χ0n) is 17.2. The molecular weight excluding hydrogens is 378 g/mol. The van der Waals surface area contributed by atoms with Crippen LogP contribution < -0.4 is 15.5 Å². The SMILES string of the molecule is Cc1ccc(OCc2c(C(=O)NC3CC3)c(=O)cc(C)n2Cc2ccccn2)cc1. The fraction of sp³-hybridized carbons (Fsp3) is 0.292. The fourth-order valence-electron chi connectivity index (χ4n) is 3.37.